The fourth-order valence-corrected chi connectivity index (χ4v) is 2.23. The Morgan fingerprint density at radius 1 is 0.955 bits per heavy atom. The van der Waals surface area contributed by atoms with Gasteiger partial charge in [-0.25, -0.2) is 10.3 Å². The van der Waals surface area contributed by atoms with Crippen LogP contribution < -0.4 is 5.48 Å². The van der Waals surface area contributed by atoms with Gasteiger partial charge < -0.3 is 4.84 Å². The maximum Gasteiger partial charge on any atom is 0.362 e. The van der Waals surface area contributed by atoms with Gasteiger partial charge in [-0.15, -0.1) is 0 Å². The van der Waals surface area contributed by atoms with E-state index in [2.05, 4.69) is 12.4 Å². The van der Waals surface area contributed by atoms with Gasteiger partial charge in [-0.1, -0.05) is 56.5 Å². The summed E-state index contributed by atoms with van der Waals surface area (Å²) in [4.78, 5) is 17.0. The Morgan fingerprint density at radius 2 is 1.68 bits per heavy atom. The van der Waals surface area contributed by atoms with E-state index in [-0.39, 0.29) is 5.97 Å². The van der Waals surface area contributed by atoms with Crippen molar-refractivity contribution >= 4 is 11.7 Å². The Morgan fingerprint density at radius 3 is 2.36 bits per heavy atom. The standard InChI is InChI=1S/C19H23NO2/c1-2-3-4-6-9-16-12-14-17(15-13-16)19(21)22-20-18-10-7-5-8-11-18/h5,7-8,10-15,20H,2-4,6,9H2,1H3. The van der Waals surface area contributed by atoms with E-state index >= 15 is 0 Å². The molecule has 3 nitrogen and oxygen atoms in total. The lowest BCUT2D eigenvalue weighted by atomic mass is 10.0. The van der Waals surface area contributed by atoms with Crippen LogP contribution in [0.15, 0.2) is 54.6 Å². The molecule has 0 aromatic heterocycles. The molecule has 2 aromatic carbocycles. The number of carbonyl (C=O) groups excluding carboxylic acids is 1. The summed E-state index contributed by atoms with van der Waals surface area (Å²) in [6.45, 7) is 2.21. The van der Waals surface area contributed by atoms with Crippen molar-refractivity contribution in [2.45, 2.75) is 39.0 Å². The Hall–Kier alpha value is -2.29. The number of rotatable bonds is 8. The van der Waals surface area contributed by atoms with Crippen LogP contribution in [0.2, 0.25) is 0 Å². The molecule has 2 aromatic rings. The second-order valence-electron chi connectivity index (χ2n) is 5.37. The summed E-state index contributed by atoms with van der Waals surface area (Å²) in [5, 5.41) is 0. The summed E-state index contributed by atoms with van der Waals surface area (Å²) < 4.78 is 0. The maximum absolute atomic E-state index is 11.9. The topological polar surface area (TPSA) is 38.3 Å². The molecule has 0 saturated carbocycles. The van der Waals surface area contributed by atoms with E-state index in [0.717, 1.165) is 12.1 Å². The number of nitrogens with one attached hydrogen (secondary N) is 1. The Balaban J connectivity index is 1.80. The molecule has 0 heterocycles. The van der Waals surface area contributed by atoms with Gasteiger partial charge in [-0.3, -0.25) is 0 Å². The van der Waals surface area contributed by atoms with Crippen molar-refractivity contribution in [2.75, 3.05) is 5.48 Å². The third kappa shape index (κ3) is 5.24. The molecular formula is C19H23NO2. The highest BCUT2D eigenvalue weighted by atomic mass is 16.7. The van der Waals surface area contributed by atoms with Crippen molar-refractivity contribution in [3.05, 3.63) is 65.7 Å². The molecule has 0 spiro atoms. The van der Waals surface area contributed by atoms with Crippen molar-refractivity contribution in [1.29, 1.82) is 0 Å². The van der Waals surface area contributed by atoms with E-state index in [9.17, 15) is 4.79 Å². The van der Waals surface area contributed by atoms with Crippen LogP contribution in [0.1, 0.15) is 48.5 Å². The highest BCUT2D eigenvalue weighted by Crippen LogP contribution is 2.11. The number of para-hydroxylation sites is 1. The van der Waals surface area contributed by atoms with E-state index in [4.69, 9.17) is 4.84 Å². The first-order valence-corrected chi connectivity index (χ1v) is 7.91. The minimum absolute atomic E-state index is 0.374. The van der Waals surface area contributed by atoms with Crippen LogP contribution in [0.5, 0.6) is 0 Å². The highest BCUT2D eigenvalue weighted by Gasteiger charge is 2.07. The van der Waals surface area contributed by atoms with Crippen LogP contribution in [0, 0.1) is 0 Å². The quantitative estimate of drug-likeness (QED) is 0.551. The molecule has 0 aliphatic heterocycles. The molecular weight excluding hydrogens is 274 g/mol. The number of anilines is 1. The molecule has 0 amide bonds. The highest BCUT2D eigenvalue weighted by molar-refractivity contribution is 5.89. The fourth-order valence-electron chi connectivity index (χ4n) is 2.23. The summed E-state index contributed by atoms with van der Waals surface area (Å²) in [7, 11) is 0. The molecule has 0 saturated heterocycles. The maximum atomic E-state index is 11.9. The van der Waals surface area contributed by atoms with Gasteiger partial charge in [0.2, 0.25) is 0 Å². The van der Waals surface area contributed by atoms with Crippen molar-refractivity contribution in [3.63, 3.8) is 0 Å². The van der Waals surface area contributed by atoms with Crippen LogP contribution in [-0.2, 0) is 11.3 Å². The zero-order valence-corrected chi connectivity index (χ0v) is 13.0. The third-order valence-corrected chi connectivity index (χ3v) is 3.54. The molecule has 0 aliphatic carbocycles. The molecule has 0 fully saturated rings. The third-order valence-electron chi connectivity index (χ3n) is 3.54. The number of carbonyl (C=O) groups is 1. The van der Waals surface area contributed by atoms with Crippen LogP contribution in [0.3, 0.4) is 0 Å². The normalized spacial score (nSPS) is 10.2. The summed E-state index contributed by atoms with van der Waals surface area (Å²) in [5.41, 5.74) is 5.23. The van der Waals surface area contributed by atoms with Crippen LogP contribution >= 0.6 is 0 Å². The predicted molar refractivity (Wildman–Crippen MR) is 89.8 cm³/mol. The van der Waals surface area contributed by atoms with Gasteiger partial charge in [-0.2, -0.15) is 0 Å². The summed E-state index contributed by atoms with van der Waals surface area (Å²) >= 11 is 0. The molecule has 22 heavy (non-hydrogen) atoms. The SMILES string of the molecule is CCCCCCc1ccc(C(=O)ONc2ccccc2)cc1. The first-order valence-electron chi connectivity index (χ1n) is 7.91. The lowest BCUT2D eigenvalue weighted by Crippen LogP contribution is -2.10. The number of benzene rings is 2. The fraction of sp³-hybridized carbons (Fsp3) is 0.316. The van der Waals surface area contributed by atoms with E-state index in [1.165, 1.54) is 31.2 Å². The molecule has 3 heteroatoms. The van der Waals surface area contributed by atoms with Crippen molar-refractivity contribution in [2.24, 2.45) is 0 Å². The van der Waals surface area contributed by atoms with Gasteiger partial charge in [0.1, 0.15) is 0 Å². The van der Waals surface area contributed by atoms with E-state index in [1.807, 2.05) is 54.6 Å². The molecule has 0 radical (unpaired) electrons. The molecule has 0 unspecified atom stereocenters. The Bertz CT molecular complexity index is 564. The number of aryl methyl sites for hydroxylation is 1. The van der Waals surface area contributed by atoms with Crippen LogP contribution in [0.25, 0.3) is 0 Å². The Labute approximate surface area is 132 Å². The largest absolute Gasteiger partial charge is 0.362 e. The molecule has 2 rings (SSSR count). The molecule has 0 aliphatic rings. The first kappa shape index (κ1) is 16.1. The first-order chi connectivity index (χ1) is 10.8. The number of hydrogen-bond acceptors (Lipinski definition) is 3. The second kappa shape index (κ2) is 8.88. The second-order valence-corrected chi connectivity index (χ2v) is 5.37. The average Bonchev–Trinajstić information content (AvgIpc) is 2.58. The molecule has 116 valence electrons. The zero-order chi connectivity index (χ0) is 15.6. The van der Waals surface area contributed by atoms with Crippen LogP contribution in [-0.4, -0.2) is 5.97 Å². The van der Waals surface area contributed by atoms with Gasteiger partial charge in [-0.05, 0) is 42.7 Å². The smallest absolute Gasteiger partial charge is 0.338 e. The Kier molecular flexibility index (Phi) is 6.49. The molecule has 0 bridgehead atoms. The minimum Gasteiger partial charge on any atom is -0.338 e. The lowest BCUT2D eigenvalue weighted by molar-refractivity contribution is 0.0596. The van der Waals surface area contributed by atoms with Crippen molar-refractivity contribution in [3.8, 4) is 0 Å². The zero-order valence-electron chi connectivity index (χ0n) is 13.0. The average molecular weight is 297 g/mol. The van der Waals surface area contributed by atoms with Gasteiger partial charge >= 0.3 is 5.97 Å². The van der Waals surface area contributed by atoms with E-state index in [0.29, 0.717) is 5.56 Å². The summed E-state index contributed by atoms with van der Waals surface area (Å²) in [5.74, 6) is -0.374. The van der Waals surface area contributed by atoms with Crippen molar-refractivity contribution in [1.82, 2.24) is 0 Å². The van der Waals surface area contributed by atoms with Crippen molar-refractivity contribution < 1.29 is 9.63 Å². The van der Waals surface area contributed by atoms with E-state index < -0.39 is 0 Å². The number of unbranched alkanes of at least 4 members (excludes halogenated alkanes) is 3. The van der Waals surface area contributed by atoms with Gasteiger partial charge in [0, 0.05) is 0 Å². The minimum atomic E-state index is -0.374. The van der Waals surface area contributed by atoms with E-state index in [1.54, 1.807) is 0 Å². The van der Waals surface area contributed by atoms with Gasteiger partial charge in [0.15, 0.2) is 0 Å². The van der Waals surface area contributed by atoms with Crippen LogP contribution in [0.4, 0.5) is 5.69 Å². The molecule has 1 N–H and O–H groups in total. The molecule has 0 atom stereocenters. The van der Waals surface area contributed by atoms with Gasteiger partial charge in [0.05, 0.1) is 11.3 Å². The van der Waals surface area contributed by atoms with Gasteiger partial charge in [0.25, 0.3) is 0 Å². The summed E-state index contributed by atoms with van der Waals surface area (Å²) in [6, 6.07) is 17.0. The predicted octanol–water partition coefficient (Wildman–Crippen LogP) is 4.99. The summed E-state index contributed by atoms with van der Waals surface area (Å²) in [6.07, 6.45) is 6.07. The number of hydrogen-bond donors (Lipinski definition) is 1. The monoisotopic (exact) mass is 297 g/mol. The lowest BCUT2D eigenvalue weighted by Gasteiger charge is -2.07.